The molecule has 0 saturated heterocycles. The van der Waals surface area contributed by atoms with Gasteiger partial charge in [-0.15, -0.1) is 0 Å². The fourth-order valence-electron chi connectivity index (χ4n) is 3.35. The van der Waals surface area contributed by atoms with Gasteiger partial charge in [-0.25, -0.2) is 15.0 Å². The number of anilines is 3. The van der Waals surface area contributed by atoms with Crippen LogP contribution in [0.2, 0.25) is 0 Å². The predicted molar refractivity (Wildman–Crippen MR) is 115 cm³/mol. The number of hydrogen-bond acceptors (Lipinski definition) is 7. The van der Waals surface area contributed by atoms with Crippen LogP contribution in [0.4, 0.5) is 21.7 Å². The number of nitrogens with zero attached hydrogens (tertiary/aromatic N) is 4. The lowest BCUT2D eigenvalue weighted by Crippen LogP contribution is -2.09. The Balaban J connectivity index is 1.43. The Kier molecular flexibility index (Phi) is 4.78. The van der Waals surface area contributed by atoms with Crippen LogP contribution in [0.1, 0.15) is 41.4 Å². The molecule has 4 aromatic rings. The molecular formula is C22H20FN7O. The summed E-state index contributed by atoms with van der Waals surface area (Å²) < 4.78 is 14.8. The van der Waals surface area contributed by atoms with E-state index in [-0.39, 0.29) is 5.56 Å². The average molecular weight is 417 g/mol. The molecule has 1 fully saturated rings. The molecule has 0 atom stereocenters. The molecule has 9 heteroatoms. The number of carbonyl (C=O) groups is 1. The van der Waals surface area contributed by atoms with Crippen LogP contribution in [0.5, 0.6) is 0 Å². The van der Waals surface area contributed by atoms with Gasteiger partial charge in [-0.2, -0.15) is 4.39 Å². The summed E-state index contributed by atoms with van der Waals surface area (Å²) >= 11 is 0. The highest BCUT2D eigenvalue weighted by Gasteiger charge is 2.26. The fraction of sp³-hybridized carbons (Fsp3) is 0.227. The zero-order valence-corrected chi connectivity index (χ0v) is 16.8. The zero-order chi connectivity index (χ0) is 21.4. The van der Waals surface area contributed by atoms with Crippen LogP contribution in [0.3, 0.4) is 0 Å². The van der Waals surface area contributed by atoms with Crippen LogP contribution >= 0.6 is 0 Å². The van der Waals surface area contributed by atoms with Crippen molar-refractivity contribution >= 4 is 34.1 Å². The van der Waals surface area contributed by atoms with E-state index in [4.69, 9.17) is 0 Å². The third-order valence-electron chi connectivity index (χ3n) is 5.19. The monoisotopic (exact) mass is 417 g/mol. The van der Waals surface area contributed by atoms with Crippen molar-refractivity contribution < 1.29 is 9.18 Å². The molecule has 1 aliphatic carbocycles. The summed E-state index contributed by atoms with van der Waals surface area (Å²) in [5.41, 5.74) is 2.36. The average Bonchev–Trinajstić information content (AvgIpc) is 3.49. The predicted octanol–water partition coefficient (Wildman–Crippen LogP) is 4.00. The van der Waals surface area contributed by atoms with E-state index in [1.54, 1.807) is 12.3 Å². The normalized spacial score (nSPS) is 13.4. The summed E-state index contributed by atoms with van der Waals surface area (Å²) in [6.07, 6.45) is 7.58. The second-order valence-electron chi connectivity index (χ2n) is 7.45. The summed E-state index contributed by atoms with van der Waals surface area (Å²) in [6, 6.07) is 7.09. The standard InChI is InChI=1S/C22H20FN7O/c1-2-12-3-6-14(9-24-12)28-17-8-7-15(20(23)30-17)19(31)16-10-25-21-18(16)22(27-11-26-21)29-13-4-5-13/h3,6-11,13H,2,4-5H2,1H3,(H,28,30)(H2,25,26,27,29). The van der Waals surface area contributed by atoms with E-state index < -0.39 is 11.7 Å². The van der Waals surface area contributed by atoms with Gasteiger partial charge in [0.1, 0.15) is 23.6 Å². The van der Waals surface area contributed by atoms with Gasteiger partial charge >= 0.3 is 0 Å². The largest absolute Gasteiger partial charge is 0.367 e. The first-order valence-corrected chi connectivity index (χ1v) is 10.1. The minimum absolute atomic E-state index is 0.118. The number of carbonyl (C=O) groups excluding carboxylic acids is 1. The van der Waals surface area contributed by atoms with Crippen LogP contribution < -0.4 is 10.6 Å². The summed E-state index contributed by atoms with van der Waals surface area (Å²) in [6.45, 7) is 2.02. The Morgan fingerprint density at radius 1 is 1.16 bits per heavy atom. The fourth-order valence-corrected chi connectivity index (χ4v) is 3.35. The molecule has 0 amide bonds. The SMILES string of the molecule is CCc1ccc(Nc2ccc(C(=O)c3c[nH]c4ncnc(NC5CC5)c34)c(F)n2)cn1. The summed E-state index contributed by atoms with van der Waals surface area (Å²) in [5, 5.41) is 6.86. The molecule has 0 aliphatic heterocycles. The molecule has 5 rings (SSSR count). The second kappa shape index (κ2) is 7.75. The number of halogens is 1. The Labute approximate surface area is 177 Å². The Morgan fingerprint density at radius 2 is 2.03 bits per heavy atom. The van der Waals surface area contributed by atoms with Crippen molar-refractivity contribution in [2.24, 2.45) is 0 Å². The quantitative estimate of drug-likeness (QED) is 0.308. The maximum absolute atomic E-state index is 14.8. The van der Waals surface area contributed by atoms with Crippen molar-refractivity contribution in [1.29, 1.82) is 0 Å². The van der Waals surface area contributed by atoms with E-state index in [2.05, 4.69) is 35.6 Å². The maximum Gasteiger partial charge on any atom is 0.226 e. The van der Waals surface area contributed by atoms with Crippen LogP contribution in [0.25, 0.3) is 11.0 Å². The lowest BCUT2D eigenvalue weighted by Gasteiger charge is -2.09. The summed E-state index contributed by atoms with van der Waals surface area (Å²) in [7, 11) is 0. The first-order valence-electron chi connectivity index (χ1n) is 10.1. The molecule has 0 bridgehead atoms. The number of pyridine rings is 2. The van der Waals surface area contributed by atoms with Crippen molar-refractivity contribution in [3.8, 4) is 0 Å². The lowest BCUT2D eigenvalue weighted by molar-refractivity contribution is 0.103. The lowest BCUT2D eigenvalue weighted by atomic mass is 10.0. The highest BCUT2D eigenvalue weighted by Crippen LogP contribution is 2.30. The van der Waals surface area contributed by atoms with E-state index in [1.807, 2.05) is 19.1 Å². The third-order valence-corrected chi connectivity index (χ3v) is 5.19. The number of rotatable bonds is 7. The van der Waals surface area contributed by atoms with Crippen molar-refractivity contribution in [1.82, 2.24) is 24.9 Å². The Hall–Kier alpha value is -3.88. The van der Waals surface area contributed by atoms with Crippen LogP contribution in [-0.4, -0.2) is 36.7 Å². The smallest absolute Gasteiger partial charge is 0.226 e. The molecule has 0 spiro atoms. The Morgan fingerprint density at radius 3 is 2.74 bits per heavy atom. The van der Waals surface area contributed by atoms with Crippen LogP contribution in [-0.2, 0) is 6.42 Å². The molecule has 4 heterocycles. The molecule has 0 unspecified atom stereocenters. The molecule has 1 saturated carbocycles. The number of fused-ring (bicyclic) bond motifs is 1. The summed E-state index contributed by atoms with van der Waals surface area (Å²) in [5.74, 6) is -0.466. The van der Waals surface area contributed by atoms with Gasteiger partial charge < -0.3 is 15.6 Å². The number of nitrogens with one attached hydrogen (secondary N) is 3. The zero-order valence-electron chi connectivity index (χ0n) is 16.8. The van der Waals surface area contributed by atoms with E-state index >= 15 is 0 Å². The highest BCUT2D eigenvalue weighted by molar-refractivity contribution is 6.18. The van der Waals surface area contributed by atoms with Crippen molar-refractivity contribution in [3.63, 3.8) is 0 Å². The first kappa shape index (κ1) is 19.1. The first-order chi connectivity index (χ1) is 15.1. The minimum Gasteiger partial charge on any atom is -0.367 e. The van der Waals surface area contributed by atoms with Crippen molar-refractivity contribution in [2.75, 3.05) is 10.6 Å². The van der Waals surface area contributed by atoms with E-state index in [1.165, 1.54) is 18.6 Å². The van der Waals surface area contributed by atoms with Gasteiger partial charge in [0, 0.05) is 17.9 Å². The highest BCUT2D eigenvalue weighted by atomic mass is 19.1. The van der Waals surface area contributed by atoms with Gasteiger partial charge in [-0.05, 0) is 43.5 Å². The Bertz CT molecular complexity index is 1260. The van der Waals surface area contributed by atoms with Gasteiger partial charge in [0.15, 0.2) is 5.78 Å². The second-order valence-corrected chi connectivity index (χ2v) is 7.45. The maximum atomic E-state index is 14.8. The molecule has 31 heavy (non-hydrogen) atoms. The molecule has 156 valence electrons. The molecule has 4 aromatic heterocycles. The number of aromatic nitrogens is 5. The molecule has 1 aliphatic rings. The van der Waals surface area contributed by atoms with Gasteiger partial charge in [-0.3, -0.25) is 9.78 Å². The molecule has 3 N–H and O–H groups in total. The molecule has 0 aromatic carbocycles. The van der Waals surface area contributed by atoms with E-state index in [0.29, 0.717) is 40.0 Å². The molecule has 8 nitrogen and oxygen atoms in total. The number of aromatic amines is 1. The van der Waals surface area contributed by atoms with Crippen LogP contribution in [0.15, 0.2) is 43.0 Å². The third kappa shape index (κ3) is 3.81. The minimum atomic E-state index is -0.851. The van der Waals surface area contributed by atoms with Gasteiger partial charge in [0.2, 0.25) is 5.95 Å². The summed E-state index contributed by atoms with van der Waals surface area (Å²) in [4.78, 5) is 32.8. The van der Waals surface area contributed by atoms with Gasteiger partial charge in [0.05, 0.1) is 28.4 Å². The number of ketones is 1. The number of aryl methyl sites for hydroxylation is 1. The molecule has 0 radical (unpaired) electrons. The van der Waals surface area contributed by atoms with E-state index in [0.717, 1.165) is 25.0 Å². The van der Waals surface area contributed by atoms with E-state index in [9.17, 15) is 9.18 Å². The number of H-pyrrole nitrogens is 1. The van der Waals surface area contributed by atoms with Crippen molar-refractivity contribution in [2.45, 2.75) is 32.2 Å². The number of hydrogen-bond donors (Lipinski definition) is 3. The van der Waals surface area contributed by atoms with Gasteiger partial charge in [-0.1, -0.05) is 6.92 Å². The molecular weight excluding hydrogens is 397 g/mol. The topological polar surface area (TPSA) is 108 Å². The van der Waals surface area contributed by atoms with Crippen LogP contribution in [0, 0.1) is 5.95 Å². The van der Waals surface area contributed by atoms with Gasteiger partial charge in [0.25, 0.3) is 0 Å². The van der Waals surface area contributed by atoms with Crippen molar-refractivity contribution in [3.05, 3.63) is 65.8 Å².